The predicted octanol–water partition coefficient (Wildman–Crippen LogP) is 2.50. The molecule has 8 nitrogen and oxygen atoms in total. The largest absolute Gasteiger partial charge is 0.380 e. The molecule has 0 atom stereocenters. The molecule has 0 saturated carbocycles. The minimum Gasteiger partial charge on any atom is -0.380 e. The molecule has 0 unspecified atom stereocenters. The summed E-state index contributed by atoms with van der Waals surface area (Å²) in [5, 5.41) is 11.3. The zero-order valence-corrected chi connectivity index (χ0v) is 15.0. The first kappa shape index (κ1) is 17.2. The third kappa shape index (κ3) is 3.26. The molecule has 0 saturated heterocycles. The van der Waals surface area contributed by atoms with Gasteiger partial charge in [-0.2, -0.15) is 10.1 Å². The van der Waals surface area contributed by atoms with Crippen LogP contribution in [-0.2, 0) is 4.74 Å². The highest BCUT2D eigenvalue weighted by Gasteiger charge is 2.15. The number of fused-ring (bicyclic) bond motifs is 3. The molecule has 4 aromatic rings. The van der Waals surface area contributed by atoms with E-state index in [4.69, 9.17) is 4.74 Å². The zero-order chi connectivity index (χ0) is 18.6. The maximum Gasteiger partial charge on any atom is 0.267 e. The Balaban J connectivity index is 1.81. The van der Waals surface area contributed by atoms with Gasteiger partial charge in [-0.25, -0.2) is 4.98 Å². The molecule has 27 heavy (non-hydrogen) atoms. The number of anilines is 1. The van der Waals surface area contributed by atoms with E-state index in [1.165, 1.54) is 6.20 Å². The van der Waals surface area contributed by atoms with Crippen LogP contribution in [0.15, 0.2) is 47.5 Å². The van der Waals surface area contributed by atoms with E-state index in [2.05, 4.69) is 32.4 Å². The minimum absolute atomic E-state index is 0.173. The Bertz CT molecular complexity index is 1120. The van der Waals surface area contributed by atoms with E-state index in [0.717, 1.165) is 24.1 Å². The number of ether oxygens (including phenoxy) is 1. The van der Waals surface area contributed by atoms with Crippen molar-refractivity contribution in [2.75, 3.05) is 25.1 Å². The summed E-state index contributed by atoms with van der Waals surface area (Å²) in [6.07, 6.45) is 4.22. The first-order chi connectivity index (χ1) is 13.3. The Labute approximate surface area is 155 Å². The normalized spacial score (nSPS) is 11.3. The van der Waals surface area contributed by atoms with Gasteiger partial charge in [0.25, 0.3) is 5.56 Å². The van der Waals surface area contributed by atoms with Gasteiger partial charge in [-0.3, -0.25) is 14.5 Å². The number of aromatic amines is 1. The number of hydrogen-bond donors (Lipinski definition) is 2. The van der Waals surface area contributed by atoms with Gasteiger partial charge in [-0.15, -0.1) is 0 Å². The van der Waals surface area contributed by atoms with Crippen molar-refractivity contribution in [2.45, 2.75) is 13.3 Å². The van der Waals surface area contributed by atoms with Gasteiger partial charge in [-0.1, -0.05) is 25.1 Å². The van der Waals surface area contributed by atoms with E-state index in [1.807, 2.05) is 30.3 Å². The molecule has 0 fully saturated rings. The number of hydrogen-bond acceptors (Lipinski definition) is 6. The number of aromatic nitrogens is 5. The molecule has 3 aromatic heterocycles. The van der Waals surface area contributed by atoms with Crippen molar-refractivity contribution in [2.24, 2.45) is 0 Å². The number of nitrogens with one attached hydrogen (secondary N) is 2. The zero-order valence-electron chi connectivity index (χ0n) is 15.0. The van der Waals surface area contributed by atoms with Crippen molar-refractivity contribution in [3.05, 3.63) is 53.1 Å². The number of benzene rings is 1. The van der Waals surface area contributed by atoms with Crippen molar-refractivity contribution in [3.8, 4) is 5.69 Å². The third-order valence-electron chi connectivity index (χ3n) is 4.21. The van der Waals surface area contributed by atoms with Crippen molar-refractivity contribution in [1.29, 1.82) is 0 Å². The lowest BCUT2D eigenvalue weighted by Crippen LogP contribution is -2.20. The van der Waals surface area contributed by atoms with Gasteiger partial charge in [0, 0.05) is 19.3 Å². The standard InChI is InChI=1S/C19H20N6O2/c1-2-9-27-10-8-20-19-21-11-14-16-15(12-22-24-16)18(26)25(17(14)23-19)13-6-4-3-5-7-13/h3-7,11-12H,2,8-10H2,1H3,(H,22,24)(H,20,21,23). The van der Waals surface area contributed by atoms with Crippen molar-refractivity contribution in [3.63, 3.8) is 0 Å². The van der Waals surface area contributed by atoms with Crippen LogP contribution in [0.3, 0.4) is 0 Å². The molecule has 1 aromatic carbocycles. The SMILES string of the molecule is CCCOCCNc1ncc2c3[nH]ncc3c(=O)n(-c3ccccc3)c2n1. The van der Waals surface area contributed by atoms with Crippen LogP contribution in [0.5, 0.6) is 0 Å². The topological polar surface area (TPSA) is 97.7 Å². The summed E-state index contributed by atoms with van der Waals surface area (Å²) in [6.45, 7) is 3.96. The second kappa shape index (κ2) is 7.55. The summed E-state index contributed by atoms with van der Waals surface area (Å²) < 4.78 is 7.06. The molecule has 0 aliphatic carbocycles. The molecule has 0 bridgehead atoms. The number of rotatable bonds is 7. The lowest BCUT2D eigenvalue weighted by molar-refractivity contribution is 0.144. The van der Waals surface area contributed by atoms with Crippen molar-refractivity contribution < 1.29 is 4.74 Å². The molecule has 0 spiro atoms. The van der Waals surface area contributed by atoms with Gasteiger partial charge >= 0.3 is 0 Å². The average Bonchev–Trinajstić information content (AvgIpc) is 3.19. The summed E-state index contributed by atoms with van der Waals surface area (Å²) in [4.78, 5) is 22.0. The summed E-state index contributed by atoms with van der Waals surface area (Å²) in [7, 11) is 0. The van der Waals surface area contributed by atoms with Crippen molar-refractivity contribution >= 4 is 27.9 Å². The Kier molecular flexibility index (Phi) is 4.80. The molecule has 0 amide bonds. The third-order valence-corrected chi connectivity index (χ3v) is 4.21. The second-order valence-electron chi connectivity index (χ2n) is 6.10. The maximum atomic E-state index is 13.0. The van der Waals surface area contributed by atoms with Crippen LogP contribution in [0, 0.1) is 0 Å². The van der Waals surface area contributed by atoms with Crippen LogP contribution >= 0.6 is 0 Å². The van der Waals surface area contributed by atoms with Gasteiger partial charge in [0.1, 0.15) is 0 Å². The summed E-state index contributed by atoms with van der Waals surface area (Å²) >= 11 is 0. The van der Waals surface area contributed by atoms with E-state index < -0.39 is 0 Å². The molecule has 138 valence electrons. The van der Waals surface area contributed by atoms with E-state index in [1.54, 1.807) is 10.8 Å². The fraction of sp³-hybridized carbons (Fsp3) is 0.263. The summed E-state index contributed by atoms with van der Waals surface area (Å²) in [5.74, 6) is 0.450. The van der Waals surface area contributed by atoms with E-state index >= 15 is 0 Å². The van der Waals surface area contributed by atoms with Gasteiger partial charge in [0.2, 0.25) is 5.95 Å². The Morgan fingerprint density at radius 3 is 2.81 bits per heavy atom. The lowest BCUT2D eigenvalue weighted by Gasteiger charge is -2.12. The fourth-order valence-corrected chi connectivity index (χ4v) is 2.97. The molecule has 0 radical (unpaired) electrons. The van der Waals surface area contributed by atoms with Gasteiger partial charge in [-0.05, 0) is 18.6 Å². The first-order valence-corrected chi connectivity index (χ1v) is 8.91. The molecule has 8 heteroatoms. The highest BCUT2D eigenvalue weighted by Crippen LogP contribution is 2.22. The average molecular weight is 364 g/mol. The monoisotopic (exact) mass is 364 g/mol. The van der Waals surface area contributed by atoms with E-state index in [0.29, 0.717) is 35.7 Å². The van der Waals surface area contributed by atoms with Gasteiger partial charge in [0.15, 0.2) is 5.65 Å². The smallest absolute Gasteiger partial charge is 0.267 e. The Hall–Kier alpha value is -3.26. The van der Waals surface area contributed by atoms with E-state index in [9.17, 15) is 4.79 Å². The number of pyridine rings is 1. The van der Waals surface area contributed by atoms with E-state index in [-0.39, 0.29) is 5.56 Å². The van der Waals surface area contributed by atoms with Crippen LogP contribution in [0.2, 0.25) is 0 Å². The van der Waals surface area contributed by atoms with Crippen LogP contribution in [-0.4, -0.2) is 44.5 Å². The van der Waals surface area contributed by atoms with Crippen LogP contribution in [0.25, 0.3) is 27.6 Å². The molecule has 2 N–H and O–H groups in total. The number of H-pyrrole nitrogens is 1. The quantitative estimate of drug-likeness (QED) is 0.489. The van der Waals surface area contributed by atoms with Crippen molar-refractivity contribution in [1.82, 2.24) is 24.7 Å². The van der Waals surface area contributed by atoms with Crippen LogP contribution < -0.4 is 10.9 Å². The molecular formula is C19H20N6O2. The predicted molar refractivity (Wildman–Crippen MR) is 104 cm³/mol. The maximum absolute atomic E-state index is 13.0. The number of nitrogens with zero attached hydrogens (tertiary/aromatic N) is 4. The molecule has 0 aliphatic rings. The second-order valence-corrected chi connectivity index (χ2v) is 6.10. The minimum atomic E-state index is -0.173. The van der Waals surface area contributed by atoms with Crippen LogP contribution in [0.4, 0.5) is 5.95 Å². The van der Waals surface area contributed by atoms with Gasteiger partial charge < -0.3 is 10.1 Å². The summed E-state index contributed by atoms with van der Waals surface area (Å²) in [5.41, 5.74) is 1.73. The molecule has 0 aliphatic heterocycles. The van der Waals surface area contributed by atoms with Gasteiger partial charge in [0.05, 0.1) is 34.8 Å². The van der Waals surface area contributed by atoms with Crippen LogP contribution in [0.1, 0.15) is 13.3 Å². The fourth-order valence-electron chi connectivity index (χ4n) is 2.97. The first-order valence-electron chi connectivity index (χ1n) is 8.91. The number of para-hydroxylation sites is 1. The lowest BCUT2D eigenvalue weighted by atomic mass is 10.2. The molecule has 4 rings (SSSR count). The highest BCUT2D eigenvalue weighted by molar-refractivity contribution is 6.02. The Morgan fingerprint density at radius 1 is 1.15 bits per heavy atom. The Morgan fingerprint density at radius 2 is 2.00 bits per heavy atom. The molecule has 3 heterocycles. The molecular weight excluding hydrogens is 344 g/mol. The summed E-state index contributed by atoms with van der Waals surface area (Å²) in [6, 6.07) is 9.43. The highest BCUT2D eigenvalue weighted by atomic mass is 16.5.